The van der Waals surface area contributed by atoms with Gasteiger partial charge in [-0.3, -0.25) is 14.8 Å². The van der Waals surface area contributed by atoms with Crippen molar-refractivity contribution in [3.05, 3.63) is 93.3 Å². The monoisotopic (exact) mass is 456 g/mol. The van der Waals surface area contributed by atoms with Gasteiger partial charge in [-0.1, -0.05) is 23.7 Å². The van der Waals surface area contributed by atoms with E-state index < -0.39 is 0 Å². The Hall–Kier alpha value is -3.18. The van der Waals surface area contributed by atoms with Crippen LogP contribution in [0.25, 0.3) is 0 Å². The minimum Gasteiger partial charge on any atom is -0.369 e. The number of aromatic nitrogens is 1. The smallest absolute Gasteiger partial charge is 0.227 e. The SMILES string of the molecule is Cc1cc(C2=NCc3cc4c(cc32)CN([C@@H]2CCN(c3cccc(Cl)c3)C2)C(=O)C4)ccn1. The van der Waals surface area contributed by atoms with Crippen molar-refractivity contribution >= 4 is 28.9 Å². The number of carbonyl (C=O) groups is 1. The summed E-state index contributed by atoms with van der Waals surface area (Å²) in [5, 5.41) is 0.745. The molecule has 0 bridgehead atoms. The molecule has 0 spiro atoms. The normalized spacial score (nSPS) is 19.5. The van der Waals surface area contributed by atoms with Crippen LogP contribution in [0.1, 0.15) is 39.9 Å². The Balaban J connectivity index is 1.25. The van der Waals surface area contributed by atoms with Gasteiger partial charge in [-0.2, -0.15) is 0 Å². The van der Waals surface area contributed by atoms with Crippen molar-refractivity contribution in [3.63, 3.8) is 0 Å². The maximum Gasteiger partial charge on any atom is 0.227 e. The van der Waals surface area contributed by atoms with Crippen LogP contribution < -0.4 is 4.90 Å². The second-order valence-corrected chi connectivity index (χ2v) is 9.63. The Bertz CT molecular complexity index is 1300. The van der Waals surface area contributed by atoms with Gasteiger partial charge in [0, 0.05) is 53.4 Å². The molecule has 33 heavy (non-hydrogen) atoms. The van der Waals surface area contributed by atoms with Gasteiger partial charge in [-0.05, 0) is 66.4 Å². The van der Waals surface area contributed by atoms with Crippen molar-refractivity contribution in [2.45, 2.75) is 38.9 Å². The summed E-state index contributed by atoms with van der Waals surface area (Å²) >= 11 is 6.19. The number of anilines is 1. The van der Waals surface area contributed by atoms with E-state index in [4.69, 9.17) is 16.6 Å². The standard InChI is InChI=1S/C27H25ClN4O/c1-17-9-18(5-7-29-17)27-25-11-21-15-32(26(33)12-19(21)10-20(25)14-30-27)24-6-8-31(16-24)23-4-2-3-22(28)13-23/h2-5,7,9-11,13,24H,6,8,12,14-16H2,1H3/t24-/m1/s1. The van der Waals surface area contributed by atoms with Crippen LogP contribution in [0, 0.1) is 6.92 Å². The summed E-state index contributed by atoms with van der Waals surface area (Å²) in [6, 6.07) is 16.8. The molecule has 0 unspecified atom stereocenters. The van der Waals surface area contributed by atoms with Crippen LogP contribution in [0.15, 0.2) is 59.7 Å². The molecule has 166 valence electrons. The Morgan fingerprint density at radius 1 is 1.06 bits per heavy atom. The number of halogens is 1. The predicted molar refractivity (Wildman–Crippen MR) is 131 cm³/mol. The highest BCUT2D eigenvalue weighted by molar-refractivity contribution is 6.30. The van der Waals surface area contributed by atoms with Gasteiger partial charge in [0.05, 0.1) is 24.7 Å². The molecule has 1 amide bonds. The quantitative estimate of drug-likeness (QED) is 0.580. The molecule has 3 aliphatic heterocycles. The number of fused-ring (bicyclic) bond motifs is 2. The Morgan fingerprint density at radius 2 is 1.97 bits per heavy atom. The maximum atomic E-state index is 13.1. The predicted octanol–water partition coefficient (Wildman–Crippen LogP) is 4.56. The fourth-order valence-electron chi connectivity index (χ4n) is 5.36. The number of carbonyl (C=O) groups excluding carboxylic acids is 1. The van der Waals surface area contributed by atoms with E-state index in [1.54, 1.807) is 0 Å². The lowest BCUT2D eigenvalue weighted by Crippen LogP contribution is -2.45. The van der Waals surface area contributed by atoms with Gasteiger partial charge in [-0.15, -0.1) is 0 Å². The van der Waals surface area contributed by atoms with Gasteiger partial charge in [0.15, 0.2) is 0 Å². The van der Waals surface area contributed by atoms with Crippen molar-refractivity contribution in [1.82, 2.24) is 9.88 Å². The molecule has 1 fully saturated rings. The van der Waals surface area contributed by atoms with Crippen molar-refractivity contribution < 1.29 is 4.79 Å². The summed E-state index contributed by atoms with van der Waals surface area (Å²) < 4.78 is 0. The first kappa shape index (κ1) is 20.4. The van der Waals surface area contributed by atoms with Crippen LogP contribution in [-0.2, 0) is 24.3 Å². The second kappa shape index (κ2) is 7.99. The van der Waals surface area contributed by atoms with Crippen LogP contribution in [0.5, 0.6) is 0 Å². The van der Waals surface area contributed by atoms with Crippen LogP contribution in [0.3, 0.4) is 0 Å². The molecule has 2 aromatic carbocycles. The molecule has 4 heterocycles. The molecule has 1 atom stereocenters. The van der Waals surface area contributed by atoms with E-state index in [0.717, 1.165) is 52.8 Å². The highest BCUT2D eigenvalue weighted by Crippen LogP contribution is 2.33. The number of benzene rings is 2. The first-order valence-electron chi connectivity index (χ1n) is 11.5. The molecule has 1 aromatic heterocycles. The molecule has 5 nitrogen and oxygen atoms in total. The number of aliphatic imine (C=N–C) groups is 1. The van der Waals surface area contributed by atoms with Crippen molar-refractivity contribution in [3.8, 4) is 0 Å². The minimum atomic E-state index is 0.217. The topological polar surface area (TPSA) is 48.8 Å². The van der Waals surface area contributed by atoms with E-state index in [9.17, 15) is 4.79 Å². The molecular weight excluding hydrogens is 432 g/mol. The summed E-state index contributed by atoms with van der Waals surface area (Å²) in [7, 11) is 0. The van der Waals surface area contributed by atoms with Gasteiger partial charge in [0.2, 0.25) is 5.91 Å². The van der Waals surface area contributed by atoms with Crippen molar-refractivity contribution in [1.29, 1.82) is 0 Å². The number of hydrogen-bond donors (Lipinski definition) is 0. The maximum absolute atomic E-state index is 13.1. The zero-order valence-corrected chi connectivity index (χ0v) is 19.3. The molecule has 1 saturated heterocycles. The molecule has 6 rings (SSSR count). The summed E-state index contributed by atoms with van der Waals surface area (Å²) in [6.45, 7) is 5.12. The van der Waals surface area contributed by atoms with E-state index in [2.05, 4.69) is 39.0 Å². The Morgan fingerprint density at radius 3 is 2.82 bits per heavy atom. The van der Waals surface area contributed by atoms with Crippen LogP contribution in [-0.4, -0.2) is 40.6 Å². The molecule has 3 aromatic rings. The number of rotatable bonds is 3. The molecule has 6 heteroatoms. The highest BCUT2D eigenvalue weighted by atomic mass is 35.5. The number of hydrogen-bond acceptors (Lipinski definition) is 4. The fraction of sp³-hybridized carbons (Fsp3) is 0.296. The van der Waals surface area contributed by atoms with E-state index in [1.165, 1.54) is 16.7 Å². The van der Waals surface area contributed by atoms with Gasteiger partial charge in [0.25, 0.3) is 0 Å². The Kier molecular flexibility index (Phi) is 4.95. The first-order chi connectivity index (χ1) is 16.0. The summed E-state index contributed by atoms with van der Waals surface area (Å²) in [6.07, 6.45) is 3.29. The lowest BCUT2D eigenvalue weighted by atomic mass is 9.90. The fourth-order valence-corrected chi connectivity index (χ4v) is 5.55. The molecule has 0 N–H and O–H groups in total. The van der Waals surface area contributed by atoms with Crippen LogP contribution in [0.2, 0.25) is 5.02 Å². The largest absolute Gasteiger partial charge is 0.369 e. The van der Waals surface area contributed by atoms with Gasteiger partial charge < -0.3 is 9.80 Å². The van der Waals surface area contributed by atoms with Crippen LogP contribution in [0.4, 0.5) is 5.69 Å². The number of nitrogens with zero attached hydrogens (tertiary/aromatic N) is 4. The third kappa shape index (κ3) is 3.70. The Labute approximate surface area is 198 Å². The second-order valence-electron chi connectivity index (χ2n) is 9.20. The number of amides is 1. The van der Waals surface area contributed by atoms with E-state index in [1.807, 2.05) is 37.4 Å². The number of aryl methyl sites for hydroxylation is 1. The molecule has 0 saturated carbocycles. The molecule has 3 aliphatic rings. The zero-order valence-electron chi connectivity index (χ0n) is 18.6. The third-order valence-electron chi connectivity index (χ3n) is 7.04. The summed E-state index contributed by atoms with van der Waals surface area (Å²) in [5.41, 5.74) is 9.07. The lowest BCUT2D eigenvalue weighted by Gasteiger charge is -2.34. The van der Waals surface area contributed by atoms with Gasteiger partial charge >= 0.3 is 0 Å². The zero-order chi connectivity index (χ0) is 22.5. The molecule has 0 aliphatic carbocycles. The third-order valence-corrected chi connectivity index (χ3v) is 7.27. The summed E-state index contributed by atoms with van der Waals surface area (Å²) in [4.78, 5) is 26.7. The lowest BCUT2D eigenvalue weighted by molar-refractivity contribution is -0.134. The van der Waals surface area contributed by atoms with E-state index in [-0.39, 0.29) is 11.9 Å². The van der Waals surface area contributed by atoms with E-state index >= 15 is 0 Å². The number of pyridine rings is 1. The average molecular weight is 457 g/mol. The van der Waals surface area contributed by atoms with Crippen molar-refractivity contribution in [2.24, 2.45) is 4.99 Å². The average Bonchev–Trinajstić information content (AvgIpc) is 3.44. The molecule has 0 radical (unpaired) electrons. The van der Waals surface area contributed by atoms with E-state index in [0.29, 0.717) is 19.5 Å². The summed E-state index contributed by atoms with van der Waals surface area (Å²) in [5.74, 6) is 0.226. The minimum absolute atomic E-state index is 0.217. The first-order valence-corrected chi connectivity index (χ1v) is 11.9. The van der Waals surface area contributed by atoms with Crippen molar-refractivity contribution in [2.75, 3.05) is 18.0 Å². The van der Waals surface area contributed by atoms with Crippen LogP contribution >= 0.6 is 11.6 Å². The highest BCUT2D eigenvalue weighted by Gasteiger charge is 2.35. The molecular formula is C27H25ClN4O. The van der Waals surface area contributed by atoms with Gasteiger partial charge in [-0.25, -0.2) is 0 Å². The van der Waals surface area contributed by atoms with Gasteiger partial charge in [0.1, 0.15) is 0 Å².